The number of carbonyl (C=O) groups excluding carboxylic acids is 1. The van der Waals surface area contributed by atoms with Crippen LogP contribution in [0.4, 0.5) is 5.69 Å². The van der Waals surface area contributed by atoms with Crippen LogP contribution in [0.25, 0.3) is 0 Å². The monoisotopic (exact) mass is 251 g/mol. The number of hydrogen-bond acceptors (Lipinski definition) is 1. The van der Waals surface area contributed by atoms with Gasteiger partial charge in [0.2, 0.25) is 5.91 Å². The number of likely N-dealkylation sites (N-methyl/N-ethyl adjacent to an activating group) is 1. The summed E-state index contributed by atoms with van der Waals surface area (Å²) in [5.41, 5.74) is 3.53. The maximum atomic E-state index is 12.3. The maximum Gasteiger partial charge on any atom is 0.234 e. The van der Waals surface area contributed by atoms with Gasteiger partial charge in [-0.2, -0.15) is 0 Å². The summed E-state index contributed by atoms with van der Waals surface area (Å²) in [6, 6.07) is 18.5. The molecular formula is C17H17NO. The second-order valence-corrected chi connectivity index (χ2v) is 5.03. The topological polar surface area (TPSA) is 20.3 Å². The van der Waals surface area contributed by atoms with Crippen molar-refractivity contribution in [1.82, 2.24) is 0 Å². The van der Waals surface area contributed by atoms with Crippen molar-refractivity contribution in [1.29, 1.82) is 0 Å². The van der Waals surface area contributed by atoms with Crippen LogP contribution in [-0.4, -0.2) is 13.0 Å². The Bertz CT molecular complexity index is 591. The standard InChI is InChI=1S/C17H17NO/c1-18-16-10-6-5-9-14(16)15(17(18)19)12-11-13-7-3-2-4-8-13/h2-10,15H,11-12H2,1H3. The highest BCUT2D eigenvalue weighted by molar-refractivity contribution is 6.04. The Hall–Kier alpha value is -2.09. The number of fused-ring (bicyclic) bond motifs is 1. The first-order valence-corrected chi connectivity index (χ1v) is 6.68. The third-order valence-corrected chi connectivity index (χ3v) is 3.87. The number of para-hydroxylation sites is 1. The van der Waals surface area contributed by atoms with E-state index in [1.807, 2.05) is 43.4 Å². The predicted molar refractivity (Wildman–Crippen MR) is 77.4 cm³/mol. The zero-order chi connectivity index (χ0) is 13.2. The number of aryl methyl sites for hydroxylation is 1. The molecule has 0 spiro atoms. The Morgan fingerprint density at radius 2 is 1.68 bits per heavy atom. The summed E-state index contributed by atoms with van der Waals surface area (Å²) in [5, 5.41) is 0. The van der Waals surface area contributed by atoms with E-state index in [9.17, 15) is 4.79 Å². The molecule has 1 aliphatic rings. The van der Waals surface area contributed by atoms with Crippen molar-refractivity contribution in [2.75, 3.05) is 11.9 Å². The summed E-state index contributed by atoms with van der Waals surface area (Å²) in [5.74, 6) is 0.235. The fourth-order valence-electron chi connectivity index (χ4n) is 2.81. The SMILES string of the molecule is CN1C(=O)C(CCc2ccccc2)c2ccccc21. The normalized spacial score (nSPS) is 17.6. The highest BCUT2D eigenvalue weighted by Crippen LogP contribution is 2.38. The number of benzene rings is 2. The van der Waals surface area contributed by atoms with Crippen molar-refractivity contribution in [3.8, 4) is 0 Å². The molecule has 2 aromatic rings. The number of rotatable bonds is 3. The van der Waals surface area contributed by atoms with E-state index in [4.69, 9.17) is 0 Å². The van der Waals surface area contributed by atoms with E-state index in [1.54, 1.807) is 4.90 Å². The lowest BCUT2D eigenvalue weighted by Gasteiger charge is -2.11. The van der Waals surface area contributed by atoms with Gasteiger partial charge in [0, 0.05) is 12.7 Å². The van der Waals surface area contributed by atoms with Gasteiger partial charge in [0.05, 0.1) is 5.92 Å². The zero-order valence-corrected chi connectivity index (χ0v) is 11.0. The van der Waals surface area contributed by atoms with Crippen LogP contribution in [0.2, 0.25) is 0 Å². The lowest BCUT2D eigenvalue weighted by atomic mass is 9.93. The molecule has 2 heteroatoms. The lowest BCUT2D eigenvalue weighted by molar-refractivity contribution is -0.119. The summed E-state index contributed by atoms with van der Waals surface area (Å²) in [6.45, 7) is 0. The molecule has 1 heterocycles. The molecule has 1 unspecified atom stereocenters. The van der Waals surface area contributed by atoms with Crippen molar-refractivity contribution in [3.05, 3.63) is 65.7 Å². The van der Waals surface area contributed by atoms with Gasteiger partial charge >= 0.3 is 0 Å². The molecule has 0 bridgehead atoms. The minimum atomic E-state index is 0.0152. The smallest absolute Gasteiger partial charge is 0.234 e. The van der Waals surface area contributed by atoms with Crippen molar-refractivity contribution >= 4 is 11.6 Å². The fraction of sp³-hybridized carbons (Fsp3) is 0.235. The first-order valence-electron chi connectivity index (χ1n) is 6.68. The molecule has 0 fully saturated rings. The Labute approximate surface area is 113 Å². The number of carbonyl (C=O) groups is 1. The van der Waals surface area contributed by atoms with E-state index in [-0.39, 0.29) is 11.8 Å². The van der Waals surface area contributed by atoms with Gasteiger partial charge in [-0.15, -0.1) is 0 Å². The summed E-state index contributed by atoms with van der Waals surface area (Å²) in [6.07, 6.45) is 1.82. The fourth-order valence-corrected chi connectivity index (χ4v) is 2.81. The summed E-state index contributed by atoms with van der Waals surface area (Å²) < 4.78 is 0. The van der Waals surface area contributed by atoms with Gasteiger partial charge in [-0.25, -0.2) is 0 Å². The van der Waals surface area contributed by atoms with Crippen LogP contribution in [-0.2, 0) is 11.2 Å². The van der Waals surface area contributed by atoms with Crippen molar-refractivity contribution < 1.29 is 4.79 Å². The number of anilines is 1. The number of nitrogens with zero attached hydrogens (tertiary/aromatic N) is 1. The molecule has 2 nitrogen and oxygen atoms in total. The third kappa shape index (κ3) is 2.14. The van der Waals surface area contributed by atoms with Crippen molar-refractivity contribution in [3.63, 3.8) is 0 Å². The van der Waals surface area contributed by atoms with Crippen LogP contribution in [0.1, 0.15) is 23.5 Å². The van der Waals surface area contributed by atoms with Crippen molar-refractivity contribution in [2.24, 2.45) is 0 Å². The van der Waals surface area contributed by atoms with Gasteiger partial charge < -0.3 is 4.90 Å². The van der Waals surface area contributed by atoms with Crippen molar-refractivity contribution in [2.45, 2.75) is 18.8 Å². The van der Waals surface area contributed by atoms with Crippen LogP contribution in [0.3, 0.4) is 0 Å². The molecule has 0 saturated carbocycles. The lowest BCUT2D eigenvalue weighted by Crippen LogP contribution is -2.24. The molecule has 0 N–H and O–H groups in total. The van der Waals surface area contributed by atoms with E-state index in [1.165, 1.54) is 11.1 Å². The Morgan fingerprint density at radius 1 is 1.00 bits per heavy atom. The van der Waals surface area contributed by atoms with Gasteiger partial charge in [0.25, 0.3) is 0 Å². The highest BCUT2D eigenvalue weighted by atomic mass is 16.2. The molecule has 3 rings (SSSR count). The zero-order valence-electron chi connectivity index (χ0n) is 11.0. The molecule has 19 heavy (non-hydrogen) atoms. The molecule has 96 valence electrons. The van der Waals surface area contributed by atoms with E-state index in [0.717, 1.165) is 18.5 Å². The first-order chi connectivity index (χ1) is 9.27. The van der Waals surface area contributed by atoms with Gasteiger partial charge in [-0.05, 0) is 30.0 Å². The highest BCUT2D eigenvalue weighted by Gasteiger charge is 2.34. The largest absolute Gasteiger partial charge is 0.315 e. The summed E-state index contributed by atoms with van der Waals surface area (Å²) in [7, 11) is 1.86. The maximum absolute atomic E-state index is 12.3. The molecule has 1 amide bonds. The summed E-state index contributed by atoms with van der Waals surface area (Å²) >= 11 is 0. The van der Waals surface area contributed by atoms with E-state index >= 15 is 0 Å². The van der Waals surface area contributed by atoms with Crippen LogP contribution in [0, 0.1) is 0 Å². The number of hydrogen-bond donors (Lipinski definition) is 0. The molecule has 0 saturated heterocycles. The van der Waals surface area contributed by atoms with Gasteiger partial charge in [0.1, 0.15) is 0 Å². The Morgan fingerprint density at radius 3 is 2.47 bits per heavy atom. The quantitative estimate of drug-likeness (QED) is 0.819. The van der Waals surface area contributed by atoms with Crippen LogP contribution in [0.5, 0.6) is 0 Å². The van der Waals surface area contributed by atoms with E-state index < -0.39 is 0 Å². The Balaban J connectivity index is 1.80. The van der Waals surface area contributed by atoms with Gasteiger partial charge in [-0.3, -0.25) is 4.79 Å². The second-order valence-electron chi connectivity index (χ2n) is 5.03. The molecule has 0 radical (unpaired) electrons. The van der Waals surface area contributed by atoms with Gasteiger partial charge in [0.15, 0.2) is 0 Å². The van der Waals surface area contributed by atoms with Gasteiger partial charge in [-0.1, -0.05) is 48.5 Å². The second kappa shape index (κ2) is 4.88. The van der Waals surface area contributed by atoms with Crippen LogP contribution in [0.15, 0.2) is 54.6 Å². The van der Waals surface area contributed by atoms with Crippen LogP contribution < -0.4 is 4.90 Å². The average molecular weight is 251 g/mol. The van der Waals surface area contributed by atoms with Crippen LogP contribution >= 0.6 is 0 Å². The Kier molecular flexibility index (Phi) is 3.08. The molecule has 1 aliphatic heterocycles. The van der Waals surface area contributed by atoms with E-state index in [2.05, 4.69) is 18.2 Å². The molecule has 0 aliphatic carbocycles. The molecule has 0 aromatic heterocycles. The minimum Gasteiger partial charge on any atom is -0.315 e. The summed E-state index contributed by atoms with van der Waals surface area (Å²) in [4.78, 5) is 14.1. The third-order valence-electron chi connectivity index (χ3n) is 3.87. The number of amides is 1. The molecule has 1 atom stereocenters. The average Bonchev–Trinajstić information content (AvgIpc) is 2.71. The molecule has 2 aromatic carbocycles. The predicted octanol–water partition coefficient (Wildman–Crippen LogP) is 3.38. The molecular weight excluding hydrogens is 234 g/mol. The minimum absolute atomic E-state index is 0.0152. The first kappa shape index (κ1) is 12.0. The van der Waals surface area contributed by atoms with E-state index in [0.29, 0.717) is 0 Å².